The summed E-state index contributed by atoms with van der Waals surface area (Å²) in [4.78, 5) is 24.5. The number of hydrogen-bond donors (Lipinski definition) is 1. The minimum absolute atomic E-state index is 0.0268. The molecule has 8 heteroatoms. The van der Waals surface area contributed by atoms with Gasteiger partial charge in [0.1, 0.15) is 0 Å². The maximum absolute atomic E-state index is 11.1. The minimum atomic E-state index is -1.17. The van der Waals surface area contributed by atoms with E-state index >= 15 is 0 Å². The third-order valence-electron chi connectivity index (χ3n) is 3.13. The van der Waals surface area contributed by atoms with Gasteiger partial charge in [-0.3, -0.25) is 25.2 Å². The van der Waals surface area contributed by atoms with Gasteiger partial charge in [0.05, 0.1) is 27.6 Å². The first kappa shape index (κ1) is 15.5. The highest BCUT2D eigenvalue weighted by Gasteiger charge is 2.24. The van der Waals surface area contributed by atoms with Crippen LogP contribution in [0.2, 0.25) is 0 Å². The highest BCUT2D eigenvalue weighted by molar-refractivity contribution is 5.50. The Balaban J connectivity index is 2.34. The van der Waals surface area contributed by atoms with E-state index in [-0.39, 0.29) is 12.0 Å². The Morgan fingerprint density at radius 2 is 1.91 bits per heavy atom. The van der Waals surface area contributed by atoms with E-state index in [4.69, 9.17) is 0 Å². The van der Waals surface area contributed by atoms with Crippen molar-refractivity contribution in [3.63, 3.8) is 0 Å². The molecule has 0 amide bonds. The lowest BCUT2D eigenvalue weighted by molar-refractivity contribution is -0.394. The third kappa shape index (κ3) is 3.41. The summed E-state index contributed by atoms with van der Waals surface area (Å²) in [6.45, 7) is 1.80. The van der Waals surface area contributed by atoms with Crippen LogP contribution in [0.3, 0.4) is 0 Å². The summed E-state index contributed by atoms with van der Waals surface area (Å²) in [5, 5.41) is 32.0. The first-order valence-electron chi connectivity index (χ1n) is 6.42. The number of nitrogens with zero attached hydrogens (tertiary/aromatic N) is 3. The molecule has 2 aromatic rings. The van der Waals surface area contributed by atoms with Crippen LogP contribution in [0.4, 0.5) is 11.4 Å². The number of aryl methyl sites for hydroxylation is 1. The van der Waals surface area contributed by atoms with E-state index in [0.717, 1.165) is 17.8 Å². The first-order valence-corrected chi connectivity index (χ1v) is 6.42. The summed E-state index contributed by atoms with van der Waals surface area (Å²) in [6.07, 6.45) is -1.09. The molecule has 0 aliphatic heterocycles. The van der Waals surface area contributed by atoms with Gasteiger partial charge in [0.15, 0.2) is 0 Å². The topological polar surface area (TPSA) is 119 Å². The fourth-order valence-electron chi connectivity index (χ4n) is 2.11. The van der Waals surface area contributed by atoms with E-state index in [1.807, 2.05) is 0 Å². The summed E-state index contributed by atoms with van der Waals surface area (Å²) in [5.74, 6) is 0. The Hall–Kier alpha value is -2.87. The second-order valence-electron chi connectivity index (χ2n) is 4.75. The first-order chi connectivity index (χ1) is 10.4. The van der Waals surface area contributed by atoms with Gasteiger partial charge >= 0.3 is 0 Å². The molecule has 1 aromatic heterocycles. The molecule has 1 N–H and O–H groups in total. The van der Waals surface area contributed by atoms with Gasteiger partial charge in [-0.1, -0.05) is 6.07 Å². The largest absolute Gasteiger partial charge is 0.388 e. The monoisotopic (exact) mass is 303 g/mol. The van der Waals surface area contributed by atoms with Crippen molar-refractivity contribution < 1.29 is 15.0 Å². The molecule has 22 heavy (non-hydrogen) atoms. The van der Waals surface area contributed by atoms with Crippen LogP contribution in [0.15, 0.2) is 36.4 Å². The zero-order valence-electron chi connectivity index (χ0n) is 11.7. The normalized spacial score (nSPS) is 11.9. The van der Waals surface area contributed by atoms with Crippen LogP contribution < -0.4 is 0 Å². The predicted octanol–water partition coefficient (Wildman–Crippen LogP) is 2.48. The van der Waals surface area contributed by atoms with Crippen LogP contribution >= 0.6 is 0 Å². The number of benzene rings is 1. The van der Waals surface area contributed by atoms with Crippen LogP contribution in [0.5, 0.6) is 0 Å². The molecule has 0 spiro atoms. The third-order valence-corrected chi connectivity index (χ3v) is 3.13. The second-order valence-corrected chi connectivity index (χ2v) is 4.75. The molecule has 0 aliphatic rings. The number of aliphatic hydroxyl groups excluding tert-OH is 1. The van der Waals surface area contributed by atoms with E-state index in [2.05, 4.69) is 4.98 Å². The highest BCUT2D eigenvalue weighted by Crippen LogP contribution is 2.30. The van der Waals surface area contributed by atoms with Gasteiger partial charge in [0.2, 0.25) is 0 Å². The Morgan fingerprint density at radius 3 is 2.50 bits per heavy atom. The molecule has 2 rings (SSSR count). The van der Waals surface area contributed by atoms with Crippen LogP contribution in [-0.4, -0.2) is 19.9 Å². The van der Waals surface area contributed by atoms with Crippen molar-refractivity contribution in [2.24, 2.45) is 0 Å². The van der Waals surface area contributed by atoms with Crippen molar-refractivity contribution in [1.29, 1.82) is 0 Å². The molecule has 1 atom stereocenters. The van der Waals surface area contributed by atoms with E-state index in [9.17, 15) is 25.3 Å². The number of pyridine rings is 1. The zero-order valence-corrected chi connectivity index (χ0v) is 11.7. The van der Waals surface area contributed by atoms with Gasteiger partial charge in [0, 0.05) is 23.9 Å². The van der Waals surface area contributed by atoms with E-state index < -0.39 is 27.3 Å². The SMILES string of the molecule is Cc1cccc(C[C@@H](O)c2ccc([N+](=O)[O-])cc2[N+](=O)[O-])n1. The molecule has 0 bridgehead atoms. The molecule has 0 saturated heterocycles. The minimum Gasteiger partial charge on any atom is -0.388 e. The molecule has 0 aliphatic carbocycles. The molecule has 0 unspecified atom stereocenters. The molecule has 0 radical (unpaired) electrons. The van der Waals surface area contributed by atoms with Crippen molar-refractivity contribution in [2.75, 3.05) is 0 Å². The second kappa shape index (κ2) is 6.27. The van der Waals surface area contributed by atoms with Crippen LogP contribution in [0.25, 0.3) is 0 Å². The Morgan fingerprint density at radius 1 is 1.18 bits per heavy atom. The maximum atomic E-state index is 11.1. The van der Waals surface area contributed by atoms with Gasteiger partial charge < -0.3 is 5.11 Å². The van der Waals surface area contributed by atoms with Gasteiger partial charge in [-0.25, -0.2) is 0 Å². The Bertz CT molecular complexity index is 732. The van der Waals surface area contributed by atoms with Crippen LogP contribution in [-0.2, 0) is 6.42 Å². The number of hydrogen-bond acceptors (Lipinski definition) is 6. The van der Waals surface area contributed by atoms with Gasteiger partial charge in [-0.2, -0.15) is 0 Å². The Labute approximate surface area is 125 Å². The molecule has 0 saturated carbocycles. The molecular weight excluding hydrogens is 290 g/mol. The van der Waals surface area contributed by atoms with E-state index in [1.54, 1.807) is 25.1 Å². The summed E-state index contributed by atoms with van der Waals surface area (Å²) >= 11 is 0. The van der Waals surface area contributed by atoms with Gasteiger partial charge in [-0.15, -0.1) is 0 Å². The fourth-order valence-corrected chi connectivity index (χ4v) is 2.11. The molecule has 0 fully saturated rings. The number of nitro benzene ring substituents is 2. The summed E-state index contributed by atoms with van der Waals surface area (Å²) in [5.41, 5.74) is 0.507. The van der Waals surface area contributed by atoms with Gasteiger partial charge in [0.25, 0.3) is 11.4 Å². The standard InChI is InChI=1S/C14H13N3O5/c1-9-3-2-4-10(15-9)7-14(18)12-6-5-11(16(19)20)8-13(12)17(21)22/h2-6,8,14,18H,7H2,1H3/t14-/m1/s1. The van der Waals surface area contributed by atoms with Gasteiger partial charge in [-0.05, 0) is 25.1 Å². The van der Waals surface area contributed by atoms with Crippen LogP contribution in [0.1, 0.15) is 23.1 Å². The lowest BCUT2D eigenvalue weighted by atomic mass is 10.0. The summed E-state index contributed by atoms with van der Waals surface area (Å²) in [6, 6.07) is 8.46. The molecule has 1 aromatic carbocycles. The van der Waals surface area contributed by atoms with Crippen molar-refractivity contribution in [2.45, 2.75) is 19.4 Å². The summed E-state index contributed by atoms with van der Waals surface area (Å²) < 4.78 is 0. The lowest BCUT2D eigenvalue weighted by Crippen LogP contribution is -2.07. The smallest absolute Gasteiger partial charge is 0.282 e. The average Bonchev–Trinajstić information content (AvgIpc) is 2.46. The molecule has 1 heterocycles. The average molecular weight is 303 g/mol. The number of nitro groups is 2. The summed E-state index contributed by atoms with van der Waals surface area (Å²) in [7, 11) is 0. The molecular formula is C14H13N3O5. The number of aliphatic hydroxyl groups is 1. The lowest BCUT2D eigenvalue weighted by Gasteiger charge is -2.11. The number of aromatic nitrogens is 1. The number of non-ortho nitro benzene ring substituents is 1. The fraction of sp³-hybridized carbons (Fsp3) is 0.214. The molecule has 114 valence electrons. The molecule has 8 nitrogen and oxygen atoms in total. The highest BCUT2D eigenvalue weighted by atomic mass is 16.6. The van der Waals surface area contributed by atoms with Crippen molar-refractivity contribution in [3.8, 4) is 0 Å². The predicted molar refractivity (Wildman–Crippen MR) is 77.4 cm³/mol. The van der Waals surface area contributed by atoms with Crippen molar-refractivity contribution in [3.05, 3.63) is 73.6 Å². The van der Waals surface area contributed by atoms with E-state index in [1.165, 1.54) is 6.07 Å². The zero-order chi connectivity index (χ0) is 16.3. The maximum Gasteiger partial charge on any atom is 0.282 e. The van der Waals surface area contributed by atoms with Crippen molar-refractivity contribution in [1.82, 2.24) is 4.98 Å². The quantitative estimate of drug-likeness (QED) is 0.669. The number of rotatable bonds is 5. The van der Waals surface area contributed by atoms with Crippen molar-refractivity contribution >= 4 is 11.4 Å². The van der Waals surface area contributed by atoms with Crippen LogP contribution in [0, 0.1) is 27.2 Å². The Kier molecular flexibility index (Phi) is 4.42. The van der Waals surface area contributed by atoms with E-state index in [0.29, 0.717) is 5.69 Å².